The number of phenolic OH excluding ortho intramolecular Hbond substituents is 1. The Balaban J connectivity index is 0. The molecule has 19 nitrogen and oxygen atoms in total. The number of hydrogen-bond donors (Lipinski definition) is 2. The van der Waals surface area contributed by atoms with Gasteiger partial charge in [0.1, 0.15) is 38.6 Å². The quantitative estimate of drug-likeness (QED) is 0.0227. The van der Waals surface area contributed by atoms with Gasteiger partial charge in [-0.05, 0) is 147 Å². The predicted molar refractivity (Wildman–Crippen MR) is 394 cm³/mol. The topological polar surface area (TPSA) is 286 Å². The zero-order chi connectivity index (χ0) is 66.6. The number of phenols is 1. The molecule has 3 N–H and O–H groups in total. The summed E-state index contributed by atoms with van der Waals surface area (Å²) in [6.45, 7) is 4.01. The Morgan fingerprint density at radius 3 is 1.19 bits per heavy atom. The van der Waals surface area contributed by atoms with Crippen molar-refractivity contribution in [3.63, 3.8) is 0 Å². The molecule has 0 spiro atoms. The summed E-state index contributed by atoms with van der Waals surface area (Å²) in [7, 11) is 0. The van der Waals surface area contributed by atoms with E-state index in [1.54, 1.807) is 105 Å². The van der Waals surface area contributed by atoms with Crippen LogP contribution in [0.3, 0.4) is 0 Å². The minimum absolute atomic E-state index is 0. The molecule has 3 unspecified atom stereocenters. The Labute approximate surface area is 732 Å². The molecule has 12 rings (SSSR count). The number of aromatic nitrogens is 3. The van der Waals surface area contributed by atoms with E-state index in [0.717, 1.165) is 24.5 Å². The molecule has 0 amide bonds. The van der Waals surface area contributed by atoms with Gasteiger partial charge in [-0.25, -0.2) is 24.5 Å². The van der Waals surface area contributed by atoms with Crippen molar-refractivity contribution in [2.75, 3.05) is 13.2 Å². The van der Waals surface area contributed by atoms with Crippen LogP contribution >= 0.6 is 98.5 Å². The number of hydrogen-bond acceptors (Lipinski definition) is 18. The van der Waals surface area contributed by atoms with E-state index in [1.165, 1.54) is 6.07 Å². The van der Waals surface area contributed by atoms with Gasteiger partial charge in [0.25, 0.3) is 6.47 Å². The van der Waals surface area contributed by atoms with Crippen LogP contribution in [-0.4, -0.2) is 68.2 Å². The van der Waals surface area contributed by atoms with Crippen molar-refractivity contribution in [2.45, 2.75) is 60.6 Å². The number of aromatic hydroxyl groups is 1. The summed E-state index contributed by atoms with van der Waals surface area (Å²) in [5.74, 6) is -0.00924. The normalized spacial score (nSPS) is 10.6. The van der Waals surface area contributed by atoms with Crippen LogP contribution in [0.5, 0.6) is 17.2 Å². The number of carbonyl (C=O) groups is 4. The number of nitrogens with zero attached hydrogens (tertiary/aromatic N) is 3. The molecule has 0 aliphatic carbocycles. The molecule has 0 bridgehead atoms. The summed E-state index contributed by atoms with van der Waals surface area (Å²) in [5.41, 5.74) is 7.68. The molecule has 29 heteroatoms. The molecule has 12 aromatic rings. The van der Waals surface area contributed by atoms with Crippen LogP contribution < -0.4 is 136 Å². The van der Waals surface area contributed by atoms with Crippen molar-refractivity contribution < 1.29 is 200 Å². The van der Waals surface area contributed by atoms with Gasteiger partial charge in [0.15, 0.2) is 16.7 Å². The molecular formula is C72H67Br4Cl3K2LiN3O16. The monoisotopic (exact) mass is 1730 g/mol. The Morgan fingerprint density at radius 2 is 0.832 bits per heavy atom. The van der Waals surface area contributed by atoms with Crippen LogP contribution in [0.2, 0.25) is 15.1 Å². The fourth-order valence-electron chi connectivity index (χ4n) is 8.43. The van der Waals surface area contributed by atoms with E-state index in [9.17, 15) is 24.6 Å². The van der Waals surface area contributed by atoms with Gasteiger partial charge >= 0.3 is 140 Å². The molecule has 3 heterocycles. The number of fused-ring (bicyclic) bond motifs is 3. The maximum absolute atomic E-state index is 12.7. The molecule has 3 aromatic heterocycles. The number of rotatable bonds is 16. The Morgan fingerprint density at radius 1 is 0.515 bits per heavy atom. The first kappa shape index (κ1) is 96.3. The summed E-state index contributed by atoms with van der Waals surface area (Å²) >= 11 is 31.6. The van der Waals surface area contributed by atoms with Crippen LogP contribution in [0.1, 0.15) is 78.7 Å². The summed E-state index contributed by atoms with van der Waals surface area (Å²) in [5, 5.41) is 29.4. The Kier molecular flexibility index (Phi) is 46.1. The summed E-state index contributed by atoms with van der Waals surface area (Å²) in [6, 6.07) is 58.7. The third-order valence-electron chi connectivity index (χ3n) is 12.7. The van der Waals surface area contributed by atoms with Gasteiger partial charge in [-0.15, -0.1) is 0 Å². The van der Waals surface area contributed by atoms with E-state index in [4.69, 9.17) is 77.1 Å². The molecule has 101 heavy (non-hydrogen) atoms. The first-order valence-corrected chi connectivity index (χ1v) is 32.0. The van der Waals surface area contributed by atoms with E-state index in [-0.39, 0.29) is 188 Å². The molecule has 0 saturated heterocycles. The average molecular weight is 1740 g/mol. The number of para-hydroxylation sites is 6. The molecular weight excluding hydrogens is 1670 g/mol. The van der Waals surface area contributed by atoms with Crippen molar-refractivity contribution in [1.29, 1.82) is 0 Å². The van der Waals surface area contributed by atoms with E-state index in [2.05, 4.69) is 83.6 Å². The minimum atomic E-state index is -1.20. The molecule has 0 fully saturated rings. The number of esters is 2. The van der Waals surface area contributed by atoms with E-state index >= 15 is 0 Å². The van der Waals surface area contributed by atoms with Crippen LogP contribution in [0, 0.1) is 0 Å². The SMILES string of the molecule is C.C.C.C.CCOC(=O)C(Br)c1ccc(Br)cc1.CCOC(=O)C(Oc1ccc(Cl)cc1-c1nc2ccccc2o1)c1ccc(Br)cc1.O=C(O)C(Oc1ccc(Cl)cc1-c1nc2ccccc2o1)c1ccc(Br)cc1.O=CO[O-].Oc1ccc(Cl)cc1-c1nc2ccccc2o1.[H-].[K+].[K+].[Li+].[OH-]. The van der Waals surface area contributed by atoms with Crippen LogP contribution in [0.15, 0.2) is 227 Å². The van der Waals surface area contributed by atoms with E-state index < -0.39 is 24.1 Å². The molecule has 0 aliphatic heterocycles. The van der Waals surface area contributed by atoms with Gasteiger partial charge < -0.3 is 59.5 Å². The second-order valence-corrected chi connectivity index (χ2v) is 23.9. The molecule has 0 aliphatic rings. The Hall–Kier alpha value is -4.75. The van der Waals surface area contributed by atoms with Gasteiger partial charge in [0.2, 0.25) is 29.9 Å². The second kappa shape index (κ2) is 48.4. The molecule has 0 saturated carbocycles. The summed E-state index contributed by atoms with van der Waals surface area (Å²) in [4.78, 5) is 60.0. The average Bonchev–Trinajstić information content (AvgIpc) is 1.67. The molecule has 518 valence electrons. The Bertz CT molecular complexity index is 4430. The smallest absolute Gasteiger partial charge is 1.00 e. The van der Waals surface area contributed by atoms with E-state index in [0.29, 0.717) is 106 Å². The zero-order valence-electron chi connectivity index (χ0n) is 52.9. The van der Waals surface area contributed by atoms with Gasteiger partial charge in [-0.2, -0.15) is 0 Å². The molecule has 0 radical (unpaired) electrons. The molecule has 9 aromatic carbocycles. The minimum Gasteiger partial charge on any atom is -1.00 e. The number of halogens is 7. The third-order valence-corrected chi connectivity index (χ3v) is 15.9. The van der Waals surface area contributed by atoms with Crippen LogP contribution in [-0.2, 0) is 33.5 Å². The fourth-order valence-corrected chi connectivity index (χ4v) is 10.2. The number of carboxylic acids is 1. The zero-order valence-corrected chi connectivity index (χ0v) is 66.8. The van der Waals surface area contributed by atoms with Gasteiger partial charge in [-0.1, -0.05) is 201 Å². The second-order valence-electron chi connectivity index (χ2n) is 19.0. The summed E-state index contributed by atoms with van der Waals surface area (Å²) in [6.07, 6.45) is -2.15. The number of ether oxygens (including phenoxy) is 4. The number of benzene rings is 9. The maximum atomic E-state index is 12.7. The number of oxazole rings is 3. The van der Waals surface area contributed by atoms with Crippen molar-refractivity contribution in [1.82, 2.24) is 15.0 Å². The van der Waals surface area contributed by atoms with Crippen molar-refractivity contribution in [3.05, 3.63) is 245 Å². The third kappa shape index (κ3) is 27.9. The number of alkyl halides is 1. The van der Waals surface area contributed by atoms with E-state index in [1.807, 2.05) is 103 Å². The van der Waals surface area contributed by atoms with Crippen LogP contribution in [0.25, 0.3) is 67.7 Å². The van der Waals surface area contributed by atoms with Crippen molar-refractivity contribution >= 4 is 156 Å². The van der Waals surface area contributed by atoms with Crippen LogP contribution in [0.4, 0.5) is 0 Å². The van der Waals surface area contributed by atoms with Gasteiger partial charge in [-0.3, -0.25) is 9.59 Å². The van der Waals surface area contributed by atoms with Gasteiger partial charge in [0, 0.05) is 39.6 Å². The fraction of sp³-hybridized carbons (Fsp3) is 0.153. The standard InChI is InChI=1S/C23H17BrClNO4.C21H13BrClNO4.C13H8ClNO2.C10H10Br2O2.CH2O3.4CH4.2K.Li.H2O.H/c1-2-28-23(27)21(14-7-9-15(24)10-8-14)29-19-12-11-16(25)13-17(19)22-26-18-5-3-4-6-20(18)30-22;22-13-7-5-12(6-8-13)19(21(25)26)27-17-10-9-14(23)11-15(17)20-24-16-3-1-2-4-18(16)28-20;14-8-5-6-11(16)9(7-8)13-15-10-3-1-2-4-12(10)17-13;1-2-14-10(13)9(12)7-3-5-8(11)6-4-7;2-1-4-3;;;;;;;;;/h3-13,21H,2H2,1H3;1-11,19H,(H,25,26);1-7,16H;3-6,9H,2H2,1H3;1,3H;4*1H4;;;;1H2;/q;;;;;;;;;3*+1;;-1/p-2. The first-order valence-electron chi connectivity index (χ1n) is 27.5. The number of carbonyl (C=O) groups excluding carboxylic acids is 3. The predicted octanol–water partition coefficient (Wildman–Crippen LogP) is 11.9. The first-order chi connectivity index (χ1) is 44.9. The number of aliphatic carboxylic acids is 1. The van der Waals surface area contributed by atoms with Crippen molar-refractivity contribution in [2.24, 2.45) is 0 Å². The maximum Gasteiger partial charge on any atom is 1.00 e. The molecule has 3 atom stereocenters. The van der Waals surface area contributed by atoms with Gasteiger partial charge in [0.05, 0.1) is 29.9 Å². The van der Waals surface area contributed by atoms with Crippen molar-refractivity contribution in [3.8, 4) is 51.6 Å². The number of carboxylic acid groups (broad SMARTS) is 1. The largest absolute Gasteiger partial charge is 1.00 e. The summed E-state index contributed by atoms with van der Waals surface area (Å²) < 4.78 is 42.1.